The minimum atomic E-state index is 0. The van der Waals surface area contributed by atoms with E-state index in [1.807, 2.05) is 0 Å². The van der Waals surface area contributed by atoms with Gasteiger partial charge >= 0.3 is 0 Å². The second-order valence-corrected chi connectivity index (χ2v) is 5.20. The summed E-state index contributed by atoms with van der Waals surface area (Å²) in [6, 6.07) is 11.1. The molecule has 0 unspecified atom stereocenters. The second kappa shape index (κ2) is 7.91. The molecule has 0 heterocycles. The highest BCUT2D eigenvalue weighted by Gasteiger charge is 2.46. The largest absolute Gasteiger partial charge is 1.00 e. The highest BCUT2D eigenvalue weighted by atomic mass is 35.5. The molecule has 0 saturated carbocycles. The Bertz CT molecular complexity index is 331. The highest BCUT2D eigenvalue weighted by molar-refractivity contribution is 5.22. The number of hydrogen-bond donors (Lipinski definition) is 0. The van der Waals surface area contributed by atoms with Crippen LogP contribution in [0.2, 0.25) is 0 Å². The Morgan fingerprint density at radius 2 is 1.21 bits per heavy atom. The number of halogens is 1. The highest BCUT2D eigenvalue weighted by Crippen LogP contribution is 2.41. The summed E-state index contributed by atoms with van der Waals surface area (Å²) in [5.74, 6) is 0. The number of rotatable bonds is 7. The lowest BCUT2D eigenvalue weighted by atomic mass is 9.80. The first-order chi connectivity index (χ1) is 8.66. The van der Waals surface area contributed by atoms with Crippen molar-refractivity contribution in [2.75, 3.05) is 19.6 Å². The molecule has 0 aliphatic heterocycles. The van der Waals surface area contributed by atoms with Crippen LogP contribution in [0.5, 0.6) is 0 Å². The van der Waals surface area contributed by atoms with Crippen LogP contribution in [0.1, 0.15) is 53.0 Å². The maximum absolute atomic E-state index is 2.35. The topological polar surface area (TPSA) is 0 Å². The van der Waals surface area contributed by atoms with Crippen LogP contribution in [-0.4, -0.2) is 24.1 Å². The van der Waals surface area contributed by atoms with Crippen molar-refractivity contribution in [1.29, 1.82) is 0 Å². The van der Waals surface area contributed by atoms with Gasteiger partial charge in [-0.25, -0.2) is 0 Å². The number of hydrogen-bond acceptors (Lipinski definition) is 0. The first-order valence-corrected chi connectivity index (χ1v) is 7.58. The molecular weight excluding hydrogens is 254 g/mol. The average Bonchev–Trinajstić information content (AvgIpc) is 2.46. The Balaban J connectivity index is 0.00000324. The molecule has 0 aliphatic rings. The summed E-state index contributed by atoms with van der Waals surface area (Å²) in [6.45, 7) is 15.4. The quantitative estimate of drug-likeness (QED) is 0.667. The third kappa shape index (κ3) is 2.98. The lowest BCUT2D eigenvalue weighted by Crippen LogP contribution is -3.00. The molecule has 0 atom stereocenters. The Hall–Kier alpha value is -0.530. The third-order valence-corrected chi connectivity index (χ3v) is 5.20. The lowest BCUT2D eigenvalue weighted by Gasteiger charge is -2.52. The molecule has 0 fully saturated rings. The van der Waals surface area contributed by atoms with Gasteiger partial charge < -0.3 is 16.9 Å². The number of quaternary nitrogens is 1. The molecule has 1 aromatic rings. The van der Waals surface area contributed by atoms with Gasteiger partial charge in [-0.1, -0.05) is 44.2 Å². The van der Waals surface area contributed by atoms with Gasteiger partial charge in [0.05, 0.1) is 19.6 Å². The minimum absolute atomic E-state index is 0. The normalized spacial score (nSPS) is 12.1. The Labute approximate surface area is 126 Å². The van der Waals surface area contributed by atoms with E-state index in [-0.39, 0.29) is 17.9 Å². The number of nitrogens with zero attached hydrogens (tertiary/aromatic N) is 1. The third-order valence-electron chi connectivity index (χ3n) is 5.20. The summed E-state index contributed by atoms with van der Waals surface area (Å²) in [7, 11) is 0. The maximum Gasteiger partial charge on any atom is 0.124 e. The van der Waals surface area contributed by atoms with Crippen molar-refractivity contribution < 1.29 is 16.9 Å². The van der Waals surface area contributed by atoms with Gasteiger partial charge in [0.2, 0.25) is 0 Å². The van der Waals surface area contributed by atoms with Crippen molar-refractivity contribution in [1.82, 2.24) is 0 Å². The molecule has 0 N–H and O–H groups in total. The van der Waals surface area contributed by atoms with Crippen molar-refractivity contribution >= 4 is 0 Å². The van der Waals surface area contributed by atoms with E-state index in [1.165, 1.54) is 42.5 Å². The molecule has 1 aromatic carbocycles. The lowest BCUT2D eigenvalue weighted by molar-refractivity contribution is -0.980. The number of benzene rings is 1. The first-order valence-electron chi connectivity index (χ1n) is 7.58. The predicted octanol–water partition coefficient (Wildman–Crippen LogP) is 1.58. The maximum atomic E-state index is 2.35. The SMILES string of the molecule is CCC(CC)(c1ccccc1)[N+](CC)(CC)CC.[Cl-]. The molecule has 19 heavy (non-hydrogen) atoms. The zero-order valence-electron chi connectivity index (χ0n) is 13.2. The van der Waals surface area contributed by atoms with Gasteiger partial charge in [-0.15, -0.1) is 0 Å². The van der Waals surface area contributed by atoms with Crippen LogP contribution in [0, 0.1) is 0 Å². The van der Waals surface area contributed by atoms with Gasteiger partial charge in [0.1, 0.15) is 5.54 Å². The molecule has 0 spiro atoms. The first kappa shape index (κ1) is 18.5. The molecule has 110 valence electrons. The van der Waals surface area contributed by atoms with E-state index in [4.69, 9.17) is 0 Å². The van der Waals surface area contributed by atoms with Crippen molar-refractivity contribution in [3.63, 3.8) is 0 Å². The molecule has 0 radical (unpaired) electrons. The van der Waals surface area contributed by atoms with E-state index in [0.717, 1.165) is 0 Å². The van der Waals surface area contributed by atoms with Crippen LogP contribution in [0.25, 0.3) is 0 Å². The van der Waals surface area contributed by atoms with Crippen LogP contribution in [0.4, 0.5) is 0 Å². The summed E-state index contributed by atoms with van der Waals surface area (Å²) >= 11 is 0. The van der Waals surface area contributed by atoms with Gasteiger partial charge in [-0.3, -0.25) is 0 Å². The Kier molecular flexibility index (Phi) is 7.69. The van der Waals surface area contributed by atoms with E-state index < -0.39 is 0 Å². The van der Waals surface area contributed by atoms with Crippen molar-refractivity contribution in [3.05, 3.63) is 35.9 Å². The van der Waals surface area contributed by atoms with Crippen LogP contribution < -0.4 is 12.4 Å². The van der Waals surface area contributed by atoms with Gasteiger partial charge in [0.15, 0.2) is 0 Å². The average molecular weight is 284 g/mol. The minimum Gasteiger partial charge on any atom is -1.00 e. The zero-order chi connectivity index (χ0) is 13.6. The predicted molar refractivity (Wildman–Crippen MR) is 80.6 cm³/mol. The van der Waals surface area contributed by atoms with Crippen molar-refractivity contribution in [2.24, 2.45) is 0 Å². The Morgan fingerprint density at radius 3 is 1.53 bits per heavy atom. The molecule has 0 aliphatic carbocycles. The van der Waals surface area contributed by atoms with E-state index in [2.05, 4.69) is 65.0 Å². The van der Waals surface area contributed by atoms with Gasteiger partial charge in [-0.2, -0.15) is 0 Å². The standard InChI is InChI=1S/C17H30N.ClH/c1-6-17(7-2,16-14-12-11-13-15-16)18(8-3,9-4)10-5;/h11-15H,6-10H2,1-5H3;1H/q+1;/p-1. The fourth-order valence-electron chi connectivity index (χ4n) is 3.93. The van der Waals surface area contributed by atoms with Crippen LogP contribution in [0.15, 0.2) is 30.3 Å². The molecule has 2 heteroatoms. The molecule has 0 aromatic heterocycles. The van der Waals surface area contributed by atoms with Crippen molar-refractivity contribution in [3.8, 4) is 0 Å². The summed E-state index contributed by atoms with van der Waals surface area (Å²) < 4.78 is 1.20. The molecule has 0 bridgehead atoms. The molecule has 1 nitrogen and oxygen atoms in total. The smallest absolute Gasteiger partial charge is 0.124 e. The van der Waals surface area contributed by atoms with Crippen LogP contribution in [0.3, 0.4) is 0 Å². The van der Waals surface area contributed by atoms with Gasteiger partial charge in [0, 0.05) is 18.4 Å². The Morgan fingerprint density at radius 1 is 0.789 bits per heavy atom. The van der Waals surface area contributed by atoms with Crippen LogP contribution in [-0.2, 0) is 5.54 Å². The van der Waals surface area contributed by atoms with Gasteiger partial charge in [0.25, 0.3) is 0 Å². The van der Waals surface area contributed by atoms with Crippen LogP contribution >= 0.6 is 0 Å². The van der Waals surface area contributed by atoms with Gasteiger partial charge in [-0.05, 0) is 20.8 Å². The monoisotopic (exact) mass is 283 g/mol. The summed E-state index contributed by atoms with van der Waals surface area (Å²) in [4.78, 5) is 0. The summed E-state index contributed by atoms with van der Waals surface area (Å²) in [5, 5.41) is 0. The summed E-state index contributed by atoms with van der Waals surface area (Å²) in [6.07, 6.45) is 2.42. The summed E-state index contributed by atoms with van der Waals surface area (Å²) in [5.41, 5.74) is 1.79. The molecule has 0 saturated heterocycles. The van der Waals surface area contributed by atoms with E-state index in [9.17, 15) is 0 Å². The fourth-order valence-corrected chi connectivity index (χ4v) is 3.93. The fraction of sp³-hybridized carbons (Fsp3) is 0.647. The zero-order valence-corrected chi connectivity index (χ0v) is 14.0. The molecule has 1 rings (SSSR count). The molecule has 0 amide bonds. The van der Waals surface area contributed by atoms with E-state index in [0.29, 0.717) is 0 Å². The van der Waals surface area contributed by atoms with E-state index in [1.54, 1.807) is 0 Å². The second-order valence-electron chi connectivity index (χ2n) is 5.20. The molecular formula is C17H30ClN. The van der Waals surface area contributed by atoms with Crippen molar-refractivity contribution in [2.45, 2.75) is 53.0 Å². The van der Waals surface area contributed by atoms with E-state index >= 15 is 0 Å².